The van der Waals surface area contributed by atoms with Crippen LogP contribution in [0.25, 0.3) is 0 Å². The molecule has 16 heavy (non-hydrogen) atoms. The summed E-state index contributed by atoms with van der Waals surface area (Å²) in [4.78, 5) is 0. The second kappa shape index (κ2) is 3.38. The largest absolute Gasteiger partial charge is 0.387 e. The second-order valence-corrected chi connectivity index (χ2v) is 4.65. The van der Waals surface area contributed by atoms with Crippen LogP contribution >= 0.6 is 0 Å². The van der Waals surface area contributed by atoms with Crippen molar-refractivity contribution in [3.05, 3.63) is 0 Å². The van der Waals surface area contributed by atoms with Gasteiger partial charge in [0.25, 0.3) is 5.97 Å². The summed E-state index contributed by atoms with van der Waals surface area (Å²) < 4.78 is 16.4. The van der Waals surface area contributed by atoms with Gasteiger partial charge in [0.1, 0.15) is 36.6 Å². The molecule has 3 heterocycles. The highest BCUT2D eigenvalue weighted by atomic mass is 16.9. The van der Waals surface area contributed by atoms with Crippen LogP contribution in [0.1, 0.15) is 19.8 Å². The first-order valence-corrected chi connectivity index (χ1v) is 5.65. The monoisotopic (exact) mass is 232 g/mol. The van der Waals surface area contributed by atoms with Gasteiger partial charge in [-0.3, -0.25) is 0 Å². The molecule has 0 atom stereocenters. The van der Waals surface area contributed by atoms with E-state index in [1.807, 2.05) is 6.92 Å². The van der Waals surface area contributed by atoms with Crippen LogP contribution in [-0.4, -0.2) is 57.9 Å². The minimum Gasteiger partial charge on any atom is -0.387 e. The fraction of sp³-hybridized carbons (Fsp3) is 1.00. The average Bonchev–Trinajstić information content (AvgIpc) is 2.26. The van der Waals surface area contributed by atoms with Crippen molar-refractivity contribution in [3.8, 4) is 0 Å². The number of ether oxygens (including phenoxy) is 3. The van der Waals surface area contributed by atoms with Gasteiger partial charge in [0.2, 0.25) is 0 Å². The minimum atomic E-state index is -1.19. The summed E-state index contributed by atoms with van der Waals surface area (Å²) >= 11 is 0. The van der Waals surface area contributed by atoms with Gasteiger partial charge < -0.3 is 29.5 Å². The molecule has 92 valence electrons. The molecule has 0 spiro atoms. The Morgan fingerprint density at radius 1 is 0.875 bits per heavy atom. The summed E-state index contributed by atoms with van der Waals surface area (Å²) in [5.74, 6) is -1.19. The minimum absolute atomic E-state index is 0.517. The third-order valence-corrected chi connectivity index (χ3v) is 3.52. The normalized spacial score (nSPS) is 59.2. The van der Waals surface area contributed by atoms with Crippen LogP contribution in [0.4, 0.5) is 0 Å². The van der Waals surface area contributed by atoms with E-state index < -0.39 is 42.6 Å². The molecule has 3 N–H and O–H groups in total. The van der Waals surface area contributed by atoms with Gasteiger partial charge in [-0.2, -0.15) is 0 Å². The van der Waals surface area contributed by atoms with E-state index in [-0.39, 0.29) is 0 Å². The van der Waals surface area contributed by atoms with E-state index in [0.717, 1.165) is 6.42 Å². The van der Waals surface area contributed by atoms with Crippen LogP contribution in [0.15, 0.2) is 0 Å². The van der Waals surface area contributed by atoms with E-state index >= 15 is 0 Å². The molecule has 4 bridgehead atoms. The fourth-order valence-electron chi connectivity index (χ4n) is 2.77. The van der Waals surface area contributed by atoms with Crippen LogP contribution in [0.3, 0.4) is 0 Å². The molecule has 0 aromatic heterocycles. The summed E-state index contributed by atoms with van der Waals surface area (Å²) in [5.41, 5.74) is 0. The average molecular weight is 232 g/mol. The summed E-state index contributed by atoms with van der Waals surface area (Å²) in [6.45, 7) is 1.96. The zero-order valence-electron chi connectivity index (χ0n) is 8.94. The van der Waals surface area contributed by atoms with Crippen LogP contribution < -0.4 is 0 Å². The topological polar surface area (TPSA) is 88.4 Å². The predicted molar refractivity (Wildman–Crippen MR) is 50.3 cm³/mol. The van der Waals surface area contributed by atoms with Crippen LogP contribution in [-0.2, 0) is 14.2 Å². The van der Waals surface area contributed by atoms with Gasteiger partial charge in [-0.05, 0) is 6.42 Å². The summed E-state index contributed by atoms with van der Waals surface area (Å²) in [6, 6.07) is 0. The van der Waals surface area contributed by atoms with Crippen molar-refractivity contribution in [3.63, 3.8) is 0 Å². The van der Waals surface area contributed by atoms with Gasteiger partial charge in [-0.25, -0.2) is 0 Å². The Labute approximate surface area is 92.7 Å². The summed E-state index contributed by atoms with van der Waals surface area (Å²) in [6.07, 6.45) is -3.90. The zero-order valence-corrected chi connectivity index (χ0v) is 8.94. The summed E-state index contributed by atoms with van der Waals surface area (Å²) in [7, 11) is 0. The lowest BCUT2D eigenvalue weighted by Crippen LogP contribution is -2.78. The van der Waals surface area contributed by atoms with Crippen molar-refractivity contribution in [2.45, 2.75) is 62.4 Å². The quantitative estimate of drug-likeness (QED) is 0.549. The standard InChI is InChI=1S/C10H16O6/c1-2-3-10-14-7-4(11)8(15-10)6(13)9(16-10)5(7)12/h4-9,11-13H,2-3H2,1H3. The Morgan fingerprint density at radius 2 is 1.25 bits per heavy atom. The molecule has 6 heteroatoms. The van der Waals surface area contributed by atoms with E-state index in [9.17, 15) is 15.3 Å². The highest BCUT2D eigenvalue weighted by molar-refractivity contribution is 5.07. The molecule has 0 aromatic rings. The number of hydrogen-bond acceptors (Lipinski definition) is 6. The maximum atomic E-state index is 9.82. The second-order valence-electron chi connectivity index (χ2n) is 4.65. The first-order chi connectivity index (χ1) is 7.58. The first-order valence-electron chi connectivity index (χ1n) is 5.65. The van der Waals surface area contributed by atoms with Gasteiger partial charge >= 0.3 is 0 Å². The Hall–Kier alpha value is -0.240. The van der Waals surface area contributed by atoms with E-state index in [4.69, 9.17) is 14.2 Å². The zero-order chi connectivity index (χ0) is 11.5. The van der Waals surface area contributed by atoms with Gasteiger partial charge in [0.05, 0.1) is 0 Å². The molecule has 0 radical (unpaired) electrons. The molecule has 1 saturated carbocycles. The lowest BCUT2D eigenvalue weighted by molar-refractivity contribution is -0.539. The van der Waals surface area contributed by atoms with Crippen molar-refractivity contribution in [2.75, 3.05) is 0 Å². The number of hydrogen-bond donors (Lipinski definition) is 3. The molecule has 6 nitrogen and oxygen atoms in total. The van der Waals surface area contributed by atoms with Crippen molar-refractivity contribution in [1.82, 2.24) is 0 Å². The lowest BCUT2D eigenvalue weighted by atomic mass is 9.81. The molecular formula is C10H16O6. The number of aliphatic hydroxyl groups is 3. The smallest absolute Gasteiger partial charge is 0.284 e. The summed E-state index contributed by atoms with van der Waals surface area (Å²) in [5, 5.41) is 29.5. The lowest BCUT2D eigenvalue weighted by Gasteiger charge is -2.60. The number of rotatable bonds is 2. The fourth-order valence-corrected chi connectivity index (χ4v) is 2.77. The van der Waals surface area contributed by atoms with E-state index in [1.54, 1.807) is 0 Å². The molecule has 4 rings (SSSR count). The van der Waals surface area contributed by atoms with Crippen LogP contribution in [0, 0.1) is 0 Å². The van der Waals surface area contributed by atoms with Gasteiger partial charge in [-0.15, -0.1) is 0 Å². The predicted octanol–water partition coefficient (Wildman–Crippen LogP) is -1.28. The van der Waals surface area contributed by atoms with Crippen molar-refractivity contribution >= 4 is 0 Å². The van der Waals surface area contributed by atoms with Gasteiger partial charge in [0.15, 0.2) is 0 Å². The highest BCUT2D eigenvalue weighted by Crippen LogP contribution is 2.46. The Kier molecular flexibility index (Phi) is 2.30. The van der Waals surface area contributed by atoms with Crippen LogP contribution in [0.5, 0.6) is 0 Å². The van der Waals surface area contributed by atoms with Crippen molar-refractivity contribution in [1.29, 1.82) is 0 Å². The molecule has 0 aromatic carbocycles. The Morgan fingerprint density at radius 3 is 1.56 bits per heavy atom. The third kappa shape index (κ3) is 1.23. The Balaban J connectivity index is 1.92. The van der Waals surface area contributed by atoms with E-state index in [0.29, 0.717) is 6.42 Å². The third-order valence-electron chi connectivity index (χ3n) is 3.52. The van der Waals surface area contributed by atoms with E-state index in [1.165, 1.54) is 0 Å². The van der Waals surface area contributed by atoms with Gasteiger partial charge in [0, 0.05) is 6.42 Å². The molecule has 3 aliphatic heterocycles. The van der Waals surface area contributed by atoms with Crippen LogP contribution in [0.2, 0.25) is 0 Å². The molecule has 4 fully saturated rings. The van der Waals surface area contributed by atoms with Gasteiger partial charge in [-0.1, -0.05) is 6.92 Å². The maximum absolute atomic E-state index is 9.82. The molecular weight excluding hydrogens is 216 g/mol. The Bertz CT molecular complexity index is 242. The van der Waals surface area contributed by atoms with Crippen molar-refractivity contribution < 1.29 is 29.5 Å². The maximum Gasteiger partial charge on any atom is 0.284 e. The molecule has 0 unspecified atom stereocenters. The SMILES string of the molecule is CCCC12OC3C(O)C(O1)C(O)C(O2)C3O. The number of aliphatic hydroxyl groups excluding tert-OH is 3. The molecule has 0 amide bonds. The first kappa shape index (κ1) is 10.9. The molecule has 4 aliphatic rings. The van der Waals surface area contributed by atoms with Crippen molar-refractivity contribution in [2.24, 2.45) is 0 Å². The van der Waals surface area contributed by atoms with E-state index in [2.05, 4.69) is 0 Å². The molecule has 1 aliphatic carbocycles. The highest BCUT2D eigenvalue weighted by Gasteiger charge is 2.66. The molecule has 3 saturated heterocycles.